The number of carbonyl (C=O) groups excluding carboxylic acids is 1. The number of aromatic nitrogens is 1. The van der Waals surface area contributed by atoms with E-state index in [2.05, 4.69) is 4.98 Å². The highest BCUT2D eigenvalue weighted by Crippen LogP contribution is 2.14. The SMILES string of the molecule is CC(=O)N(Cl)c1ccc(C)nc1. The first-order valence-corrected chi connectivity index (χ1v) is 3.84. The first-order chi connectivity index (χ1) is 5.61. The maximum absolute atomic E-state index is 10.8. The number of rotatable bonds is 1. The van der Waals surface area contributed by atoms with Gasteiger partial charge in [0.05, 0.1) is 11.9 Å². The molecule has 12 heavy (non-hydrogen) atoms. The Balaban J connectivity index is 2.89. The summed E-state index contributed by atoms with van der Waals surface area (Å²) in [6, 6.07) is 3.55. The molecule has 0 aliphatic carbocycles. The van der Waals surface area contributed by atoms with Crippen LogP contribution in [0.3, 0.4) is 0 Å². The van der Waals surface area contributed by atoms with E-state index in [1.165, 1.54) is 6.92 Å². The normalized spacial score (nSPS) is 9.58. The third kappa shape index (κ3) is 1.95. The van der Waals surface area contributed by atoms with Crippen LogP contribution in [0.2, 0.25) is 0 Å². The Hall–Kier alpha value is -1.09. The van der Waals surface area contributed by atoms with Crippen molar-refractivity contribution in [3.8, 4) is 0 Å². The first-order valence-electron chi connectivity index (χ1n) is 3.50. The lowest BCUT2D eigenvalue weighted by atomic mass is 10.3. The van der Waals surface area contributed by atoms with Crippen LogP contribution in [-0.4, -0.2) is 10.9 Å². The Morgan fingerprint density at radius 2 is 2.25 bits per heavy atom. The zero-order valence-electron chi connectivity index (χ0n) is 6.91. The van der Waals surface area contributed by atoms with Gasteiger partial charge in [0.2, 0.25) is 5.91 Å². The molecule has 0 aromatic carbocycles. The predicted octanol–water partition coefficient (Wildman–Crippen LogP) is 1.90. The zero-order chi connectivity index (χ0) is 9.14. The molecule has 3 nitrogen and oxygen atoms in total. The van der Waals surface area contributed by atoms with E-state index in [0.717, 1.165) is 10.1 Å². The lowest BCUT2D eigenvalue weighted by molar-refractivity contribution is -0.115. The first kappa shape index (κ1) is 9.00. The molecule has 0 N–H and O–H groups in total. The molecule has 1 amide bonds. The standard InChI is InChI=1S/C8H9ClN2O/c1-6-3-4-8(5-10-6)11(9)7(2)12/h3-5H,1-2H3. The quantitative estimate of drug-likeness (QED) is 0.625. The second-order valence-corrected chi connectivity index (χ2v) is 2.80. The average molecular weight is 185 g/mol. The van der Waals surface area contributed by atoms with Crippen molar-refractivity contribution in [1.29, 1.82) is 0 Å². The summed E-state index contributed by atoms with van der Waals surface area (Å²) in [7, 11) is 0. The number of hydrogen-bond donors (Lipinski definition) is 0. The molecule has 1 aromatic rings. The fourth-order valence-corrected chi connectivity index (χ4v) is 0.858. The molecule has 1 heterocycles. The Bertz CT molecular complexity index is 284. The van der Waals surface area contributed by atoms with Crippen molar-refractivity contribution < 1.29 is 4.79 Å². The number of halogens is 1. The highest BCUT2D eigenvalue weighted by molar-refractivity contribution is 6.36. The third-order valence-corrected chi connectivity index (χ3v) is 1.83. The van der Waals surface area contributed by atoms with E-state index in [-0.39, 0.29) is 5.91 Å². The van der Waals surface area contributed by atoms with Crippen molar-refractivity contribution in [2.24, 2.45) is 0 Å². The minimum atomic E-state index is -0.220. The number of anilines is 1. The van der Waals surface area contributed by atoms with Crippen LogP contribution in [0.5, 0.6) is 0 Å². The molecule has 0 aliphatic heterocycles. The van der Waals surface area contributed by atoms with Gasteiger partial charge >= 0.3 is 0 Å². The second kappa shape index (κ2) is 3.54. The molecule has 0 unspecified atom stereocenters. The third-order valence-electron chi connectivity index (χ3n) is 1.40. The summed E-state index contributed by atoms with van der Waals surface area (Å²) in [6.07, 6.45) is 1.56. The minimum absolute atomic E-state index is 0.220. The van der Waals surface area contributed by atoms with Crippen molar-refractivity contribution in [2.45, 2.75) is 13.8 Å². The van der Waals surface area contributed by atoms with Gasteiger partial charge in [-0.2, -0.15) is 0 Å². The van der Waals surface area contributed by atoms with Gasteiger partial charge in [-0.25, -0.2) is 4.42 Å². The average Bonchev–Trinajstić information content (AvgIpc) is 2.04. The lowest BCUT2D eigenvalue weighted by Crippen LogP contribution is -2.16. The van der Waals surface area contributed by atoms with Crippen LogP contribution in [0.1, 0.15) is 12.6 Å². The number of amides is 1. The molecule has 0 fully saturated rings. The Morgan fingerprint density at radius 3 is 2.67 bits per heavy atom. The topological polar surface area (TPSA) is 33.2 Å². The summed E-state index contributed by atoms with van der Waals surface area (Å²) in [5.41, 5.74) is 1.49. The van der Waals surface area contributed by atoms with Crippen LogP contribution in [0.15, 0.2) is 18.3 Å². The van der Waals surface area contributed by atoms with Crippen LogP contribution < -0.4 is 4.42 Å². The maximum Gasteiger partial charge on any atom is 0.238 e. The molecule has 64 valence electrons. The number of nitrogens with zero attached hydrogens (tertiary/aromatic N) is 2. The molecular formula is C8H9ClN2O. The molecule has 1 rings (SSSR count). The lowest BCUT2D eigenvalue weighted by Gasteiger charge is -2.09. The van der Waals surface area contributed by atoms with E-state index in [0.29, 0.717) is 5.69 Å². The summed E-state index contributed by atoms with van der Waals surface area (Å²) in [5.74, 6) is -0.220. The van der Waals surface area contributed by atoms with E-state index in [9.17, 15) is 4.79 Å². The molecule has 0 saturated heterocycles. The van der Waals surface area contributed by atoms with Gasteiger partial charge < -0.3 is 0 Å². The van der Waals surface area contributed by atoms with Crippen LogP contribution in [0.4, 0.5) is 5.69 Å². The second-order valence-electron chi connectivity index (χ2n) is 2.46. The molecule has 0 bridgehead atoms. The minimum Gasteiger partial charge on any atom is -0.274 e. The van der Waals surface area contributed by atoms with Gasteiger partial charge in [-0.15, -0.1) is 0 Å². The Labute approximate surface area is 76.1 Å². The summed E-state index contributed by atoms with van der Waals surface area (Å²) >= 11 is 5.64. The maximum atomic E-state index is 10.8. The van der Waals surface area contributed by atoms with Gasteiger partial charge in [0.15, 0.2) is 0 Å². The molecule has 0 spiro atoms. The van der Waals surface area contributed by atoms with Crippen LogP contribution in [0, 0.1) is 6.92 Å². The number of carbonyl (C=O) groups is 1. The van der Waals surface area contributed by atoms with E-state index in [1.807, 2.05) is 6.92 Å². The summed E-state index contributed by atoms with van der Waals surface area (Å²) in [4.78, 5) is 14.8. The fourth-order valence-electron chi connectivity index (χ4n) is 0.758. The van der Waals surface area contributed by atoms with Crippen molar-refractivity contribution in [2.75, 3.05) is 4.42 Å². The highest BCUT2D eigenvalue weighted by atomic mass is 35.5. The van der Waals surface area contributed by atoms with Crippen LogP contribution in [0.25, 0.3) is 0 Å². The van der Waals surface area contributed by atoms with Crippen molar-refractivity contribution in [1.82, 2.24) is 4.98 Å². The molecule has 0 atom stereocenters. The molecule has 4 heteroatoms. The molecule has 0 radical (unpaired) electrons. The Morgan fingerprint density at radius 1 is 1.58 bits per heavy atom. The predicted molar refractivity (Wildman–Crippen MR) is 48.0 cm³/mol. The van der Waals surface area contributed by atoms with Crippen molar-refractivity contribution in [3.63, 3.8) is 0 Å². The van der Waals surface area contributed by atoms with Gasteiger partial charge in [0.1, 0.15) is 0 Å². The van der Waals surface area contributed by atoms with Crippen molar-refractivity contribution in [3.05, 3.63) is 24.0 Å². The Kier molecular flexibility index (Phi) is 2.65. The monoisotopic (exact) mass is 184 g/mol. The largest absolute Gasteiger partial charge is 0.274 e. The fraction of sp³-hybridized carbons (Fsp3) is 0.250. The van der Waals surface area contributed by atoms with Crippen LogP contribution in [-0.2, 0) is 4.79 Å². The summed E-state index contributed by atoms with van der Waals surface area (Å²) in [6.45, 7) is 3.27. The van der Waals surface area contributed by atoms with Gasteiger partial charge in [0.25, 0.3) is 0 Å². The summed E-state index contributed by atoms with van der Waals surface area (Å²) < 4.78 is 1.03. The van der Waals surface area contributed by atoms with Crippen molar-refractivity contribution >= 4 is 23.4 Å². The smallest absolute Gasteiger partial charge is 0.238 e. The number of aryl methyl sites for hydroxylation is 1. The van der Waals surface area contributed by atoms with E-state index < -0.39 is 0 Å². The van der Waals surface area contributed by atoms with E-state index in [4.69, 9.17) is 11.8 Å². The number of hydrogen-bond acceptors (Lipinski definition) is 2. The van der Waals surface area contributed by atoms with E-state index in [1.54, 1.807) is 18.3 Å². The van der Waals surface area contributed by atoms with E-state index >= 15 is 0 Å². The van der Waals surface area contributed by atoms with Gasteiger partial charge in [-0.1, -0.05) is 0 Å². The van der Waals surface area contributed by atoms with Crippen LogP contribution >= 0.6 is 11.8 Å². The summed E-state index contributed by atoms with van der Waals surface area (Å²) in [5, 5.41) is 0. The molecular weight excluding hydrogens is 176 g/mol. The van der Waals surface area contributed by atoms with Gasteiger partial charge in [-0.3, -0.25) is 9.78 Å². The molecule has 1 aromatic heterocycles. The number of pyridine rings is 1. The molecule has 0 saturated carbocycles. The van der Waals surface area contributed by atoms with Gasteiger partial charge in [-0.05, 0) is 19.1 Å². The zero-order valence-corrected chi connectivity index (χ0v) is 7.67. The van der Waals surface area contributed by atoms with Gasteiger partial charge in [0, 0.05) is 24.4 Å². The molecule has 0 aliphatic rings. The highest BCUT2D eigenvalue weighted by Gasteiger charge is 2.06.